The quantitative estimate of drug-likeness (QED) is 0.147. The Morgan fingerprint density at radius 1 is 0.333 bits per heavy atom. The highest BCUT2D eigenvalue weighted by atomic mass is 32.1. The molecule has 2 nitrogen and oxygen atoms in total. The molecule has 2 aromatic heterocycles. The Morgan fingerprint density at radius 2 is 0.884 bits per heavy atom. The van der Waals surface area contributed by atoms with Crippen molar-refractivity contribution in [1.82, 2.24) is 0 Å². The molecule has 0 unspecified atom stereocenters. The van der Waals surface area contributed by atoms with Gasteiger partial charge in [-0.2, -0.15) is 0 Å². The number of fused-ring (bicyclic) bond motifs is 10. The predicted octanol–water partition coefficient (Wildman–Crippen LogP) is 19.6. The first-order valence-electron chi connectivity index (χ1n) is 23.7. The molecule has 0 fully saturated rings. The van der Waals surface area contributed by atoms with Gasteiger partial charge in [-0.3, -0.25) is 0 Å². The molecule has 0 spiro atoms. The van der Waals surface area contributed by atoms with Gasteiger partial charge >= 0.3 is 0 Å². The lowest BCUT2D eigenvalue weighted by molar-refractivity contribution is 0.645. The predicted molar refractivity (Wildman–Crippen MR) is 300 cm³/mol. The summed E-state index contributed by atoms with van der Waals surface area (Å²) in [6.45, 7) is 4.84. The normalized spacial score (nSPS) is 12.9. The van der Waals surface area contributed by atoms with Gasteiger partial charge < -0.3 is 9.80 Å². The smallest absolute Gasteiger partial charge is 0.0640 e. The molecule has 1 aliphatic carbocycles. The second kappa shape index (κ2) is 15.5. The fourth-order valence-electron chi connectivity index (χ4n) is 11.4. The number of hydrogen-bond donors (Lipinski definition) is 0. The van der Waals surface area contributed by atoms with Crippen LogP contribution in [0.15, 0.2) is 231 Å². The molecule has 14 rings (SSSR count). The maximum Gasteiger partial charge on any atom is 0.0640 e. The highest BCUT2D eigenvalue weighted by Crippen LogP contribution is 2.54. The SMILES string of the molecule is CC1(C)c2cc(N(c3ccccc3)c3cccc4c3sc3c(-c5ccccc5)cccc34)ccc2-c2cc3ccc(N(c4ccccc4)c4cccc5c4sc4ccccc45)cc3c3cccc1c23. The van der Waals surface area contributed by atoms with Crippen LogP contribution in [0.2, 0.25) is 0 Å². The second-order valence-corrected chi connectivity index (χ2v) is 20.9. The first-order valence-corrected chi connectivity index (χ1v) is 25.4. The van der Waals surface area contributed by atoms with Crippen LogP contribution in [0.25, 0.3) is 84.1 Å². The molecule has 0 atom stereocenters. The molecule has 326 valence electrons. The van der Waals surface area contributed by atoms with Crippen LogP contribution >= 0.6 is 22.7 Å². The number of rotatable bonds is 7. The standard InChI is InChI=1S/C65H44N2S2/c1-65(2)56-30-15-26-50-54-39-45(66(43-20-8-4-9-21-43)58-31-16-28-51-49-24-12-13-33-60(49)68-63(51)58)35-34-42(54)38-55(61(50)56)48-37-36-46(40-57(48)65)67(44-22-10-5-11-23-44)59-32-17-29-53-52-27-14-25-47(62(52)69-64(53)59)41-18-6-3-7-19-41/h3-40H,1-2H3. The summed E-state index contributed by atoms with van der Waals surface area (Å²) in [7, 11) is 0. The molecule has 11 aromatic carbocycles. The molecular formula is C65H44N2S2. The lowest BCUT2D eigenvalue weighted by Gasteiger charge is -2.37. The van der Waals surface area contributed by atoms with Crippen molar-refractivity contribution in [2.45, 2.75) is 19.3 Å². The van der Waals surface area contributed by atoms with Gasteiger partial charge in [0.2, 0.25) is 0 Å². The lowest BCUT2D eigenvalue weighted by Crippen LogP contribution is -2.24. The molecule has 69 heavy (non-hydrogen) atoms. The third-order valence-corrected chi connectivity index (χ3v) is 17.1. The van der Waals surface area contributed by atoms with Gasteiger partial charge in [-0.05, 0) is 128 Å². The molecule has 0 saturated heterocycles. The zero-order chi connectivity index (χ0) is 45.8. The van der Waals surface area contributed by atoms with Crippen LogP contribution in [-0.4, -0.2) is 0 Å². The van der Waals surface area contributed by atoms with E-state index < -0.39 is 0 Å². The van der Waals surface area contributed by atoms with Crippen LogP contribution in [0.4, 0.5) is 34.1 Å². The van der Waals surface area contributed by atoms with Gasteiger partial charge in [-0.15, -0.1) is 22.7 Å². The zero-order valence-corrected chi connectivity index (χ0v) is 39.8. The molecule has 0 N–H and O–H groups in total. The molecule has 0 saturated carbocycles. The Balaban J connectivity index is 0.939. The highest BCUT2D eigenvalue weighted by Gasteiger charge is 2.35. The first-order chi connectivity index (χ1) is 34.0. The van der Waals surface area contributed by atoms with Crippen molar-refractivity contribution in [3.8, 4) is 22.3 Å². The lowest BCUT2D eigenvalue weighted by atomic mass is 9.68. The number of anilines is 6. The van der Waals surface area contributed by atoms with Crippen molar-refractivity contribution in [3.05, 3.63) is 242 Å². The maximum atomic E-state index is 2.48. The Morgan fingerprint density at radius 3 is 1.61 bits per heavy atom. The van der Waals surface area contributed by atoms with Crippen molar-refractivity contribution in [2.24, 2.45) is 0 Å². The minimum Gasteiger partial charge on any atom is -0.309 e. The summed E-state index contributed by atoms with van der Waals surface area (Å²) in [5, 5.41) is 10.3. The van der Waals surface area contributed by atoms with Gasteiger partial charge in [0.05, 0.1) is 20.8 Å². The Hall–Kier alpha value is -8.02. The monoisotopic (exact) mass is 916 g/mol. The van der Waals surface area contributed by atoms with Crippen molar-refractivity contribution in [3.63, 3.8) is 0 Å². The largest absolute Gasteiger partial charge is 0.309 e. The van der Waals surface area contributed by atoms with Crippen LogP contribution in [-0.2, 0) is 5.41 Å². The van der Waals surface area contributed by atoms with Crippen molar-refractivity contribution < 1.29 is 0 Å². The van der Waals surface area contributed by atoms with Crippen molar-refractivity contribution in [1.29, 1.82) is 0 Å². The van der Waals surface area contributed by atoms with Gasteiger partial charge in [0, 0.05) is 59.1 Å². The highest BCUT2D eigenvalue weighted by molar-refractivity contribution is 7.27. The van der Waals surface area contributed by atoms with E-state index in [0.29, 0.717) is 0 Å². The van der Waals surface area contributed by atoms with Crippen LogP contribution in [0.3, 0.4) is 0 Å². The van der Waals surface area contributed by atoms with E-state index in [4.69, 9.17) is 0 Å². The van der Waals surface area contributed by atoms with E-state index in [0.717, 1.165) is 22.7 Å². The summed E-state index contributed by atoms with van der Waals surface area (Å²) in [6, 6.07) is 85.4. The molecule has 1 aliphatic rings. The number of thiophene rings is 2. The Kier molecular flexibility index (Phi) is 9.01. The summed E-state index contributed by atoms with van der Waals surface area (Å²) in [5.74, 6) is 0. The minimum absolute atomic E-state index is 0.285. The van der Waals surface area contributed by atoms with E-state index in [2.05, 4.69) is 254 Å². The van der Waals surface area contributed by atoms with Crippen LogP contribution < -0.4 is 9.80 Å². The summed E-state index contributed by atoms with van der Waals surface area (Å²) < 4.78 is 5.20. The fraction of sp³-hybridized carbons (Fsp3) is 0.0462. The fourth-order valence-corrected chi connectivity index (χ4v) is 13.9. The number of nitrogens with zero attached hydrogens (tertiary/aromatic N) is 2. The van der Waals surface area contributed by atoms with Crippen molar-refractivity contribution in [2.75, 3.05) is 9.80 Å². The average Bonchev–Trinajstić information content (AvgIpc) is 3.99. The van der Waals surface area contributed by atoms with E-state index in [1.807, 2.05) is 22.7 Å². The third kappa shape index (κ3) is 6.16. The molecule has 0 radical (unpaired) electrons. The van der Waals surface area contributed by atoms with E-state index in [1.165, 1.54) is 107 Å². The Labute approximate surface area is 409 Å². The van der Waals surface area contributed by atoms with Gasteiger partial charge in [-0.1, -0.05) is 172 Å². The molecule has 0 bridgehead atoms. The second-order valence-electron chi connectivity index (χ2n) is 18.8. The molecule has 2 heterocycles. The van der Waals surface area contributed by atoms with Crippen LogP contribution in [0.1, 0.15) is 25.0 Å². The van der Waals surface area contributed by atoms with Crippen LogP contribution in [0.5, 0.6) is 0 Å². The van der Waals surface area contributed by atoms with Gasteiger partial charge in [0.1, 0.15) is 0 Å². The maximum absolute atomic E-state index is 2.48. The van der Waals surface area contributed by atoms with E-state index in [1.54, 1.807) is 0 Å². The van der Waals surface area contributed by atoms with Crippen molar-refractivity contribution >= 4 is 119 Å². The summed E-state index contributed by atoms with van der Waals surface area (Å²) in [5.41, 5.74) is 14.5. The van der Waals surface area contributed by atoms with Crippen LogP contribution in [0, 0.1) is 0 Å². The number of para-hydroxylation sites is 2. The summed E-state index contributed by atoms with van der Waals surface area (Å²) in [4.78, 5) is 4.93. The van der Waals surface area contributed by atoms with E-state index in [9.17, 15) is 0 Å². The number of benzene rings is 11. The van der Waals surface area contributed by atoms with Gasteiger partial charge in [0.15, 0.2) is 0 Å². The molecule has 4 heteroatoms. The van der Waals surface area contributed by atoms with Gasteiger partial charge in [0.25, 0.3) is 0 Å². The molecular weight excluding hydrogens is 873 g/mol. The third-order valence-electron chi connectivity index (χ3n) is 14.6. The van der Waals surface area contributed by atoms with E-state index in [-0.39, 0.29) is 5.41 Å². The Bertz CT molecular complexity index is 4170. The summed E-state index contributed by atoms with van der Waals surface area (Å²) in [6.07, 6.45) is 0. The number of hydrogen-bond acceptors (Lipinski definition) is 4. The van der Waals surface area contributed by atoms with Gasteiger partial charge in [-0.25, -0.2) is 0 Å². The first kappa shape index (κ1) is 40.1. The topological polar surface area (TPSA) is 6.48 Å². The van der Waals surface area contributed by atoms with E-state index >= 15 is 0 Å². The molecule has 13 aromatic rings. The minimum atomic E-state index is -0.285. The summed E-state index contributed by atoms with van der Waals surface area (Å²) >= 11 is 3.78. The molecule has 0 aliphatic heterocycles. The zero-order valence-electron chi connectivity index (χ0n) is 38.2. The average molecular weight is 917 g/mol. The molecule has 0 amide bonds.